The Morgan fingerprint density at radius 1 is 1.35 bits per heavy atom. The fourth-order valence-corrected chi connectivity index (χ4v) is 2.92. The zero-order valence-corrected chi connectivity index (χ0v) is 12.5. The molecule has 1 aromatic rings. The van der Waals surface area contributed by atoms with Crippen LogP contribution >= 0.6 is 0 Å². The molecule has 110 valence electrons. The fourth-order valence-electron chi connectivity index (χ4n) is 2.92. The summed E-state index contributed by atoms with van der Waals surface area (Å²) in [5.41, 5.74) is 1.05. The molecule has 0 spiro atoms. The van der Waals surface area contributed by atoms with Crippen LogP contribution in [0.15, 0.2) is 30.3 Å². The smallest absolute Gasteiger partial charge is 0.223 e. The first-order valence-electron chi connectivity index (χ1n) is 7.47. The van der Waals surface area contributed by atoms with Crippen molar-refractivity contribution in [2.75, 3.05) is 19.7 Å². The van der Waals surface area contributed by atoms with Crippen molar-refractivity contribution in [3.8, 4) is 0 Å². The number of nitrogens with zero attached hydrogens (tertiary/aromatic N) is 1. The molecule has 1 aliphatic rings. The van der Waals surface area contributed by atoms with E-state index in [1.54, 1.807) is 0 Å². The van der Waals surface area contributed by atoms with Crippen LogP contribution < -0.4 is 0 Å². The highest BCUT2D eigenvalue weighted by molar-refractivity contribution is 5.77. The third-order valence-corrected chi connectivity index (χ3v) is 4.28. The van der Waals surface area contributed by atoms with Crippen LogP contribution in [0.1, 0.15) is 38.7 Å². The lowest BCUT2D eigenvalue weighted by Gasteiger charge is -2.34. The van der Waals surface area contributed by atoms with E-state index >= 15 is 0 Å². The Morgan fingerprint density at radius 2 is 2.05 bits per heavy atom. The molecule has 0 radical (unpaired) electrons. The molecule has 1 N–H and O–H groups in total. The first-order chi connectivity index (χ1) is 9.53. The summed E-state index contributed by atoms with van der Waals surface area (Å²) in [5.74, 6) is 0.463. The molecule has 3 heteroatoms. The van der Waals surface area contributed by atoms with E-state index in [9.17, 15) is 9.90 Å². The Kier molecular flexibility index (Phi) is 4.81. The van der Waals surface area contributed by atoms with E-state index in [1.807, 2.05) is 23.1 Å². The highest BCUT2D eigenvalue weighted by Gasteiger charge is 2.29. The molecule has 1 atom stereocenters. The van der Waals surface area contributed by atoms with Gasteiger partial charge in [0.1, 0.15) is 0 Å². The number of aliphatic hydroxyl groups excluding tert-OH is 1. The molecule has 1 fully saturated rings. The van der Waals surface area contributed by atoms with Gasteiger partial charge in [0, 0.05) is 26.1 Å². The number of hydrogen-bond acceptors (Lipinski definition) is 2. The number of amides is 1. The minimum absolute atomic E-state index is 0.148. The number of likely N-dealkylation sites (tertiary alicyclic amines) is 1. The van der Waals surface area contributed by atoms with Gasteiger partial charge in [0.2, 0.25) is 5.91 Å². The molecule has 0 saturated carbocycles. The highest BCUT2D eigenvalue weighted by Crippen LogP contribution is 2.28. The van der Waals surface area contributed by atoms with E-state index in [4.69, 9.17) is 0 Å². The van der Waals surface area contributed by atoms with Gasteiger partial charge < -0.3 is 10.0 Å². The first kappa shape index (κ1) is 15.0. The van der Waals surface area contributed by atoms with Crippen LogP contribution in [0.5, 0.6) is 0 Å². The summed E-state index contributed by atoms with van der Waals surface area (Å²) >= 11 is 0. The van der Waals surface area contributed by atoms with E-state index in [1.165, 1.54) is 5.56 Å². The molecule has 1 heterocycles. The summed E-state index contributed by atoms with van der Waals surface area (Å²) in [4.78, 5) is 14.4. The number of hydrogen-bond donors (Lipinski definition) is 1. The third kappa shape index (κ3) is 3.60. The Balaban J connectivity index is 2.00. The lowest BCUT2D eigenvalue weighted by atomic mass is 9.81. The third-order valence-electron chi connectivity index (χ3n) is 4.28. The van der Waals surface area contributed by atoms with Gasteiger partial charge in [-0.3, -0.25) is 4.79 Å². The lowest BCUT2D eigenvalue weighted by Crippen LogP contribution is -2.42. The second-order valence-electron chi connectivity index (χ2n) is 6.46. The zero-order chi connectivity index (χ0) is 14.6. The van der Waals surface area contributed by atoms with Crippen LogP contribution in [0, 0.1) is 5.92 Å². The van der Waals surface area contributed by atoms with Crippen LogP contribution in [-0.2, 0) is 10.2 Å². The largest absolute Gasteiger partial charge is 0.396 e. The SMILES string of the molecule is CC(C)(CC(=O)N1CCCC(CO)C1)c1ccccc1. The molecule has 3 nitrogen and oxygen atoms in total. The Hall–Kier alpha value is -1.35. The van der Waals surface area contributed by atoms with Crippen molar-refractivity contribution in [3.05, 3.63) is 35.9 Å². The zero-order valence-electron chi connectivity index (χ0n) is 12.5. The highest BCUT2D eigenvalue weighted by atomic mass is 16.3. The molecule has 0 aromatic heterocycles. The van der Waals surface area contributed by atoms with E-state index < -0.39 is 0 Å². The first-order valence-corrected chi connectivity index (χ1v) is 7.47. The quantitative estimate of drug-likeness (QED) is 0.917. The normalized spacial score (nSPS) is 19.9. The molecular weight excluding hydrogens is 250 g/mol. The van der Waals surface area contributed by atoms with Gasteiger partial charge >= 0.3 is 0 Å². The predicted molar refractivity (Wildman–Crippen MR) is 80.5 cm³/mol. The van der Waals surface area contributed by atoms with Gasteiger partial charge in [-0.05, 0) is 29.7 Å². The van der Waals surface area contributed by atoms with Crippen molar-refractivity contribution in [2.24, 2.45) is 5.92 Å². The standard InChI is InChI=1S/C17H25NO2/c1-17(2,15-8-4-3-5-9-15)11-16(20)18-10-6-7-14(12-18)13-19/h3-5,8-9,14,19H,6-7,10-13H2,1-2H3. The van der Waals surface area contributed by atoms with Crippen molar-refractivity contribution in [2.45, 2.75) is 38.5 Å². The Bertz CT molecular complexity index is 442. The van der Waals surface area contributed by atoms with Gasteiger partial charge in [-0.25, -0.2) is 0 Å². The van der Waals surface area contributed by atoms with Gasteiger partial charge in [-0.1, -0.05) is 44.2 Å². The molecule has 0 aliphatic carbocycles. The van der Waals surface area contributed by atoms with E-state index in [-0.39, 0.29) is 23.8 Å². The number of aliphatic hydroxyl groups is 1. The monoisotopic (exact) mass is 275 g/mol. The minimum atomic E-state index is -0.148. The van der Waals surface area contributed by atoms with Crippen LogP contribution in [0.2, 0.25) is 0 Å². The van der Waals surface area contributed by atoms with Gasteiger partial charge in [0.05, 0.1) is 0 Å². The van der Waals surface area contributed by atoms with Gasteiger partial charge in [0.15, 0.2) is 0 Å². The van der Waals surface area contributed by atoms with Gasteiger partial charge in [0.25, 0.3) is 0 Å². The fraction of sp³-hybridized carbons (Fsp3) is 0.588. The van der Waals surface area contributed by atoms with Crippen LogP contribution in [0.25, 0.3) is 0 Å². The Labute approximate surface area is 121 Å². The Morgan fingerprint density at radius 3 is 2.70 bits per heavy atom. The van der Waals surface area contributed by atoms with Crippen molar-refractivity contribution < 1.29 is 9.90 Å². The van der Waals surface area contributed by atoms with Crippen LogP contribution in [-0.4, -0.2) is 35.6 Å². The van der Waals surface area contributed by atoms with E-state index in [0.29, 0.717) is 13.0 Å². The summed E-state index contributed by atoms with van der Waals surface area (Å²) in [6.45, 7) is 5.97. The second kappa shape index (κ2) is 6.40. The van der Waals surface area contributed by atoms with Crippen molar-refractivity contribution in [1.82, 2.24) is 4.90 Å². The number of piperidine rings is 1. The van der Waals surface area contributed by atoms with Crippen molar-refractivity contribution in [3.63, 3.8) is 0 Å². The average Bonchev–Trinajstić information content (AvgIpc) is 2.48. The van der Waals surface area contributed by atoms with Crippen LogP contribution in [0.3, 0.4) is 0 Å². The lowest BCUT2D eigenvalue weighted by molar-refractivity contribution is -0.134. The maximum absolute atomic E-state index is 12.5. The molecule has 1 amide bonds. The molecule has 1 aromatic carbocycles. The summed E-state index contributed by atoms with van der Waals surface area (Å²) in [6.07, 6.45) is 2.56. The molecule has 0 bridgehead atoms. The van der Waals surface area contributed by atoms with Gasteiger partial charge in [-0.15, -0.1) is 0 Å². The van der Waals surface area contributed by atoms with Crippen molar-refractivity contribution >= 4 is 5.91 Å². The molecule has 2 rings (SSSR count). The number of carbonyl (C=O) groups excluding carboxylic acids is 1. The summed E-state index contributed by atoms with van der Waals surface area (Å²) in [6, 6.07) is 10.2. The minimum Gasteiger partial charge on any atom is -0.396 e. The molecular formula is C17H25NO2. The molecule has 1 aliphatic heterocycles. The van der Waals surface area contributed by atoms with Gasteiger partial charge in [-0.2, -0.15) is 0 Å². The van der Waals surface area contributed by atoms with E-state index in [2.05, 4.69) is 26.0 Å². The predicted octanol–water partition coefficient (Wildman–Crippen LogP) is 2.59. The second-order valence-corrected chi connectivity index (χ2v) is 6.46. The summed E-state index contributed by atoms with van der Waals surface area (Å²) in [7, 11) is 0. The average molecular weight is 275 g/mol. The molecule has 1 saturated heterocycles. The maximum Gasteiger partial charge on any atom is 0.223 e. The van der Waals surface area contributed by atoms with Crippen LogP contribution in [0.4, 0.5) is 0 Å². The topological polar surface area (TPSA) is 40.5 Å². The maximum atomic E-state index is 12.5. The van der Waals surface area contributed by atoms with Crippen molar-refractivity contribution in [1.29, 1.82) is 0 Å². The molecule has 1 unspecified atom stereocenters. The summed E-state index contributed by atoms with van der Waals surface area (Å²) in [5, 5.41) is 9.26. The number of carbonyl (C=O) groups is 1. The summed E-state index contributed by atoms with van der Waals surface area (Å²) < 4.78 is 0. The number of rotatable bonds is 4. The number of benzene rings is 1. The van der Waals surface area contributed by atoms with E-state index in [0.717, 1.165) is 19.4 Å². The molecule has 20 heavy (non-hydrogen) atoms.